The van der Waals surface area contributed by atoms with Crippen LogP contribution in [0.25, 0.3) is 11.3 Å². The third-order valence-electron chi connectivity index (χ3n) is 4.84. The minimum absolute atomic E-state index is 0.0526. The van der Waals surface area contributed by atoms with Gasteiger partial charge < -0.3 is 5.32 Å². The molecule has 1 saturated carbocycles. The Balaban J connectivity index is 1.56. The maximum absolute atomic E-state index is 13.2. The molecule has 0 atom stereocenters. The fourth-order valence-electron chi connectivity index (χ4n) is 3.02. The summed E-state index contributed by atoms with van der Waals surface area (Å²) in [4.78, 5) is 20.1. The van der Waals surface area contributed by atoms with Crippen molar-refractivity contribution in [2.24, 2.45) is 5.41 Å². The van der Waals surface area contributed by atoms with Crippen molar-refractivity contribution in [3.8, 4) is 17.3 Å². The van der Waals surface area contributed by atoms with E-state index in [2.05, 4.69) is 26.5 Å². The lowest BCUT2D eigenvalue weighted by Gasteiger charge is -2.13. The van der Waals surface area contributed by atoms with Crippen LogP contribution in [0.1, 0.15) is 29.0 Å². The van der Waals surface area contributed by atoms with Crippen molar-refractivity contribution in [1.82, 2.24) is 19.7 Å². The molecule has 1 aliphatic carbocycles. The van der Waals surface area contributed by atoms with E-state index in [4.69, 9.17) is 11.6 Å². The molecule has 1 aliphatic rings. The molecule has 0 radical (unpaired) electrons. The highest BCUT2D eigenvalue weighted by molar-refractivity contribution is 6.30. The molecule has 3 aromatic heterocycles. The standard InChI is InChI=1S/C20H14ClF3N6O/c21-13-6-16(17(26-8-13)20(22,23)24)29-18(31)15-3-1-2-14(28-15)12-7-27-30(9-12)11-19(10-25)4-5-19/h1-3,6-9H,4-5,11H2,(H,29,31). The summed E-state index contributed by atoms with van der Waals surface area (Å²) in [6.45, 7) is 0.464. The number of pyridine rings is 2. The summed E-state index contributed by atoms with van der Waals surface area (Å²) in [5.41, 5.74) is -1.25. The van der Waals surface area contributed by atoms with Crippen LogP contribution in [0.2, 0.25) is 5.02 Å². The molecule has 11 heteroatoms. The second-order valence-corrected chi connectivity index (χ2v) is 7.66. The summed E-state index contributed by atoms with van der Waals surface area (Å²) in [5.74, 6) is -0.842. The topological polar surface area (TPSA) is 96.5 Å². The van der Waals surface area contributed by atoms with Gasteiger partial charge in [-0.05, 0) is 31.0 Å². The molecule has 3 aromatic rings. The molecule has 31 heavy (non-hydrogen) atoms. The van der Waals surface area contributed by atoms with Gasteiger partial charge in [0.2, 0.25) is 0 Å². The summed E-state index contributed by atoms with van der Waals surface area (Å²) in [7, 11) is 0. The van der Waals surface area contributed by atoms with Gasteiger partial charge in [0.15, 0.2) is 5.69 Å². The average molecular weight is 447 g/mol. The minimum Gasteiger partial charge on any atom is -0.319 e. The SMILES string of the molecule is N#CC1(Cn2cc(-c3cccc(C(=O)Nc4cc(Cl)cnc4C(F)(F)F)n3)cn2)CC1. The van der Waals surface area contributed by atoms with Gasteiger partial charge in [0, 0.05) is 18.0 Å². The molecule has 4 rings (SSSR count). The maximum Gasteiger partial charge on any atom is 0.435 e. The van der Waals surface area contributed by atoms with Gasteiger partial charge in [-0.25, -0.2) is 9.97 Å². The van der Waals surface area contributed by atoms with Crippen molar-refractivity contribution < 1.29 is 18.0 Å². The largest absolute Gasteiger partial charge is 0.435 e. The second-order valence-electron chi connectivity index (χ2n) is 7.23. The first-order chi connectivity index (χ1) is 14.7. The average Bonchev–Trinajstić information content (AvgIpc) is 3.34. The van der Waals surface area contributed by atoms with E-state index in [9.17, 15) is 23.2 Å². The Bertz CT molecular complexity index is 1200. The van der Waals surface area contributed by atoms with E-state index in [1.54, 1.807) is 29.2 Å². The molecule has 0 bridgehead atoms. The van der Waals surface area contributed by atoms with Gasteiger partial charge in [-0.2, -0.15) is 23.5 Å². The monoisotopic (exact) mass is 446 g/mol. The van der Waals surface area contributed by atoms with Crippen molar-refractivity contribution in [3.63, 3.8) is 0 Å². The molecule has 158 valence electrons. The van der Waals surface area contributed by atoms with Crippen molar-refractivity contribution in [3.05, 3.63) is 59.3 Å². The first kappa shape index (κ1) is 20.8. The number of halogens is 4. The highest BCUT2D eigenvalue weighted by Gasteiger charge is 2.43. The van der Waals surface area contributed by atoms with Crippen LogP contribution in [-0.4, -0.2) is 25.7 Å². The Morgan fingerprint density at radius 3 is 2.77 bits per heavy atom. The maximum atomic E-state index is 13.2. The first-order valence-electron chi connectivity index (χ1n) is 9.14. The van der Waals surface area contributed by atoms with Gasteiger partial charge in [0.1, 0.15) is 5.69 Å². The Morgan fingerprint density at radius 1 is 1.32 bits per heavy atom. The van der Waals surface area contributed by atoms with Crippen LogP contribution < -0.4 is 5.32 Å². The fraction of sp³-hybridized carbons (Fsp3) is 0.250. The number of aromatic nitrogens is 4. The predicted molar refractivity (Wildman–Crippen MR) is 105 cm³/mol. The van der Waals surface area contributed by atoms with Crippen LogP contribution in [0.5, 0.6) is 0 Å². The molecular formula is C20H14ClF3N6O. The molecule has 0 saturated heterocycles. The number of alkyl halides is 3. The van der Waals surface area contributed by atoms with Crippen LogP contribution >= 0.6 is 11.6 Å². The Morgan fingerprint density at radius 2 is 2.10 bits per heavy atom. The lowest BCUT2D eigenvalue weighted by Crippen LogP contribution is -2.19. The van der Waals surface area contributed by atoms with Crippen LogP contribution in [0.3, 0.4) is 0 Å². The van der Waals surface area contributed by atoms with E-state index in [0.717, 1.165) is 25.1 Å². The number of nitrogens with one attached hydrogen (secondary N) is 1. The van der Waals surface area contributed by atoms with Gasteiger partial charge in [-0.15, -0.1) is 0 Å². The Kier molecular flexibility index (Phi) is 5.15. The smallest absolute Gasteiger partial charge is 0.319 e. The third-order valence-corrected chi connectivity index (χ3v) is 5.04. The summed E-state index contributed by atoms with van der Waals surface area (Å²) < 4.78 is 41.1. The van der Waals surface area contributed by atoms with E-state index >= 15 is 0 Å². The van der Waals surface area contributed by atoms with E-state index in [-0.39, 0.29) is 16.1 Å². The van der Waals surface area contributed by atoms with Crippen LogP contribution in [0, 0.1) is 16.7 Å². The second kappa shape index (κ2) is 7.67. The quantitative estimate of drug-likeness (QED) is 0.619. The van der Waals surface area contributed by atoms with E-state index in [1.807, 2.05) is 0 Å². The molecule has 0 unspecified atom stereocenters. The number of carbonyl (C=O) groups excluding carboxylic acids is 1. The summed E-state index contributed by atoms with van der Waals surface area (Å²) in [6.07, 6.45) is 1.01. The van der Waals surface area contributed by atoms with Crippen molar-refractivity contribution in [2.75, 3.05) is 5.32 Å². The van der Waals surface area contributed by atoms with E-state index < -0.39 is 23.5 Å². The number of hydrogen-bond acceptors (Lipinski definition) is 5. The fourth-order valence-corrected chi connectivity index (χ4v) is 3.18. The third kappa shape index (κ3) is 4.51. The zero-order chi connectivity index (χ0) is 22.2. The number of anilines is 1. The zero-order valence-corrected chi connectivity index (χ0v) is 16.6. The number of nitriles is 1. The van der Waals surface area contributed by atoms with Gasteiger partial charge in [-0.1, -0.05) is 17.7 Å². The minimum atomic E-state index is -4.76. The lowest BCUT2D eigenvalue weighted by molar-refractivity contribution is -0.140. The molecule has 0 aromatic carbocycles. The highest BCUT2D eigenvalue weighted by Crippen LogP contribution is 2.46. The van der Waals surface area contributed by atoms with Gasteiger partial charge >= 0.3 is 6.18 Å². The van der Waals surface area contributed by atoms with E-state index in [1.165, 1.54) is 6.07 Å². The number of carbonyl (C=O) groups is 1. The molecule has 1 amide bonds. The first-order valence-corrected chi connectivity index (χ1v) is 9.52. The number of rotatable bonds is 5. The van der Waals surface area contributed by atoms with Crippen LogP contribution in [0.15, 0.2) is 42.9 Å². The van der Waals surface area contributed by atoms with Gasteiger partial charge in [-0.3, -0.25) is 9.48 Å². The molecule has 1 fully saturated rings. The summed E-state index contributed by atoms with van der Waals surface area (Å²) in [6, 6.07) is 7.86. The van der Waals surface area contributed by atoms with E-state index in [0.29, 0.717) is 17.8 Å². The lowest BCUT2D eigenvalue weighted by atomic mass is 10.1. The molecule has 1 N–H and O–H groups in total. The molecule has 3 heterocycles. The number of amides is 1. The molecular weight excluding hydrogens is 433 g/mol. The summed E-state index contributed by atoms with van der Waals surface area (Å²) >= 11 is 5.74. The van der Waals surface area contributed by atoms with Crippen molar-refractivity contribution >= 4 is 23.2 Å². The predicted octanol–water partition coefficient (Wildman–Crippen LogP) is 4.57. The highest BCUT2D eigenvalue weighted by atomic mass is 35.5. The summed E-state index contributed by atoms with van der Waals surface area (Å²) in [5, 5.41) is 15.6. The van der Waals surface area contributed by atoms with Crippen molar-refractivity contribution in [1.29, 1.82) is 5.26 Å². The molecule has 7 nitrogen and oxygen atoms in total. The normalized spacial score (nSPS) is 14.7. The Labute approximate surface area is 179 Å². The molecule has 0 spiro atoms. The van der Waals surface area contributed by atoms with Crippen molar-refractivity contribution in [2.45, 2.75) is 25.6 Å². The number of hydrogen-bond donors (Lipinski definition) is 1. The van der Waals surface area contributed by atoms with Crippen LogP contribution in [-0.2, 0) is 12.7 Å². The zero-order valence-electron chi connectivity index (χ0n) is 15.8. The van der Waals surface area contributed by atoms with Gasteiger partial charge in [0.05, 0.1) is 40.6 Å². The Hall–Kier alpha value is -3.45. The number of nitrogens with zero attached hydrogens (tertiary/aromatic N) is 5. The molecule has 0 aliphatic heterocycles. The van der Waals surface area contributed by atoms with Crippen LogP contribution in [0.4, 0.5) is 18.9 Å². The van der Waals surface area contributed by atoms with Gasteiger partial charge in [0.25, 0.3) is 5.91 Å².